The molecule has 24 heavy (non-hydrogen) atoms. The lowest BCUT2D eigenvalue weighted by molar-refractivity contribution is -0.385. The van der Waals surface area contributed by atoms with Crippen molar-refractivity contribution in [3.8, 4) is 11.5 Å². The van der Waals surface area contributed by atoms with Crippen molar-refractivity contribution in [2.24, 2.45) is 0 Å². The summed E-state index contributed by atoms with van der Waals surface area (Å²) in [5, 5.41) is 16.2. The van der Waals surface area contributed by atoms with E-state index in [2.05, 4.69) is 5.10 Å². The predicted octanol–water partition coefficient (Wildman–Crippen LogP) is 2.56. The van der Waals surface area contributed by atoms with E-state index in [1.807, 2.05) is 24.3 Å². The van der Waals surface area contributed by atoms with Crippen molar-refractivity contribution >= 4 is 22.4 Å². The summed E-state index contributed by atoms with van der Waals surface area (Å²) in [6, 6.07) is 10.8. The fraction of sp³-hybridized carbons (Fsp3) is 0.125. The second kappa shape index (κ2) is 6.37. The molecule has 0 bridgehead atoms. The SMILES string of the molecule is COc1ccc2ccc(OC(=O)Cn3cc([N+](=O)[O-])cn3)cc2c1. The summed E-state index contributed by atoms with van der Waals surface area (Å²) in [5.41, 5.74) is -0.180. The van der Waals surface area contributed by atoms with Gasteiger partial charge in [0.25, 0.3) is 0 Å². The Morgan fingerprint density at radius 2 is 1.92 bits per heavy atom. The average Bonchev–Trinajstić information content (AvgIpc) is 3.02. The van der Waals surface area contributed by atoms with Gasteiger partial charge in [-0.15, -0.1) is 0 Å². The second-order valence-electron chi connectivity index (χ2n) is 5.00. The molecule has 0 unspecified atom stereocenters. The molecule has 3 rings (SSSR count). The average molecular weight is 327 g/mol. The Labute approximate surface area is 136 Å². The van der Waals surface area contributed by atoms with Gasteiger partial charge in [0.15, 0.2) is 0 Å². The number of methoxy groups -OCH3 is 1. The molecular weight excluding hydrogens is 314 g/mol. The van der Waals surface area contributed by atoms with Crippen molar-refractivity contribution in [2.75, 3.05) is 7.11 Å². The summed E-state index contributed by atoms with van der Waals surface area (Å²) in [6.45, 7) is -0.218. The van der Waals surface area contributed by atoms with Crippen LogP contribution in [0.4, 0.5) is 5.69 Å². The van der Waals surface area contributed by atoms with Crippen molar-refractivity contribution in [3.05, 3.63) is 58.9 Å². The Bertz CT molecular complexity index is 919. The van der Waals surface area contributed by atoms with Crippen LogP contribution in [-0.2, 0) is 11.3 Å². The molecule has 0 saturated heterocycles. The lowest BCUT2D eigenvalue weighted by atomic mass is 10.1. The first-order valence-electron chi connectivity index (χ1n) is 7.00. The molecular formula is C16H13N3O5. The van der Waals surface area contributed by atoms with Crippen LogP contribution >= 0.6 is 0 Å². The number of fused-ring (bicyclic) bond motifs is 1. The van der Waals surface area contributed by atoms with Gasteiger partial charge in [-0.3, -0.25) is 14.8 Å². The Morgan fingerprint density at radius 1 is 1.21 bits per heavy atom. The Kier molecular flexibility index (Phi) is 4.11. The molecule has 0 aliphatic heterocycles. The highest BCUT2D eigenvalue weighted by Crippen LogP contribution is 2.25. The van der Waals surface area contributed by atoms with Gasteiger partial charge in [0.1, 0.15) is 30.4 Å². The Hall–Kier alpha value is -3.42. The van der Waals surface area contributed by atoms with E-state index >= 15 is 0 Å². The van der Waals surface area contributed by atoms with Crippen LogP contribution in [0.15, 0.2) is 48.8 Å². The first-order chi connectivity index (χ1) is 11.5. The highest BCUT2D eigenvalue weighted by molar-refractivity contribution is 5.86. The molecule has 0 radical (unpaired) electrons. The van der Waals surface area contributed by atoms with Crippen LogP contribution in [0.2, 0.25) is 0 Å². The van der Waals surface area contributed by atoms with E-state index < -0.39 is 10.9 Å². The van der Waals surface area contributed by atoms with Crippen LogP contribution < -0.4 is 9.47 Å². The molecule has 0 atom stereocenters. The molecule has 8 nitrogen and oxygen atoms in total. The molecule has 2 aromatic carbocycles. The summed E-state index contributed by atoms with van der Waals surface area (Å²) in [5.74, 6) is 0.507. The zero-order valence-electron chi connectivity index (χ0n) is 12.7. The third-order valence-corrected chi connectivity index (χ3v) is 3.37. The second-order valence-corrected chi connectivity index (χ2v) is 5.00. The zero-order chi connectivity index (χ0) is 17.1. The van der Waals surface area contributed by atoms with Gasteiger partial charge in [0, 0.05) is 0 Å². The van der Waals surface area contributed by atoms with E-state index in [1.165, 1.54) is 6.20 Å². The fourth-order valence-corrected chi connectivity index (χ4v) is 2.22. The first-order valence-corrected chi connectivity index (χ1v) is 7.00. The van der Waals surface area contributed by atoms with Crippen molar-refractivity contribution < 1.29 is 19.2 Å². The van der Waals surface area contributed by atoms with Gasteiger partial charge in [-0.1, -0.05) is 12.1 Å². The molecule has 0 amide bonds. The number of esters is 1. The van der Waals surface area contributed by atoms with E-state index in [-0.39, 0.29) is 12.2 Å². The molecule has 122 valence electrons. The number of rotatable bonds is 5. The summed E-state index contributed by atoms with van der Waals surface area (Å²) >= 11 is 0. The standard InChI is InChI=1S/C16H13N3O5/c1-23-14-4-2-11-3-5-15(7-12(11)6-14)24-16(20)10-18-9-13(8-17-18)19(21)22/h2-9H,10H2,1H3. The topological polar surface area (TPSA) is 96.5 Å². The summed E-state index contributed by atoms with van der Waals surface area (Å²) in [4.78, 5) is 22.0. The molecule has 0 saturated carbocycles. The molecule has 1 aromatic heterocycles. The summed E-state index contributed by atoms with van der Waals surface area (Å²) in [7, 11) is 1.58. The minimum Gasteiger partial charge on any atom is -0.497 e. The number of benzene rings is 2. The van der Waals surface area contributed by atoms with Crippen LogP contribution in [0, 0.1) is 10.1 Å². The monoisotopic (exact) mass is 327 g/mol. The van der Waals surface area contributed by atoms with Gasteiger partial charge < -0.3 is 9.47 Å². The Morgan fingerprint density at radius 3 is 2.58 bits per heavy atom. The highest BCUT2D eigenvalue weighted by Gasteiger charge is 2.12. The van der Waals surface area contributed by atoms with Crippen molar-refractivity contribution in [2.45, 2.75) is 6.54 Å². The molecule has 8 heteroatoms. The largest absolute Gasteiger partial charge is 0.497 e. The minimum absolute atomic E-state index is 0.180. The lowest BCUT2D eigenvalue weighted by Crippen LogP contribution is -2.16. The van der Waals surface area contributed by atoms with Crippen molar-refractivity contribution in [1.29, 1.82) is 0 Å². The van der Waals surface area contributed by atoms with Gasteiger partial charge in [-0.25, -0.2) is 4.79 Å². The number of aromatic nitrogens is 2. The van der Waals surface area contributed by atoms with Gasteiger partial charge in [-0.2, -0.15) is 5.10 Å². The van der Waals surface area contributed by atoms with Crippen molar-refractivity contribution in [3.63, 3.8) is 0 Å². The van der Waals surface area contributed by atoms with Crippen molar-refractivity contribution in [1.82, 2.24) is 9.78 Å². The summed E-state index contributed by atoms with van der Waals surface area (Å²) in [6.07, 6.45) is 2.25. The molecule has 0 aliphatic rings. The fourth-order valence-electron chi connectivity index (χ4n) is 2.22. The van der Waals surface area contributed by atoms with Gasteiger partial charge in [-0.05, 0) is 35.0 Å². The predicted molar refractivity (Wildman–Crippen MR) is 85.0 cm³/mol. The quantitative estimate of drug-likeness (QED) is 0.309. The molecule has 0 spiro atoms. The molecule has 0 fully saturated rings. The van der Waals surface area contributed by atoms with Crippen LogP contribution in [0.25, 0.3) is 10.8 Å². The van der Waals surface area contributed by atoms with Crippen LogP contribution in [0.5, 0.6) is 11.5 Å². The van der Waals surface area contributed by atoms with E-state index in [1.54, 1.807) is 19.2 Å². The number of hydrogen-bond donors (Lipinski definition) is 0. The van der Waals surface area contributed by atoms with Crippen LogP contribution in [-0.4, -0.2) is 27.8 Å². The zero-order valence-corrected chi connectivity index (χ0v) is 12.7. The van der Waals surface area contributed by atoms with Gasteiger partial charge in [0.2, 0.25) is 0 Å². The number of nitrogens with zero attached hydrogens (tertiary/aromatic N) is 3. The van der Waals surface area contributed by atoms with E-state index in [9.17, 15) is 14.9 Å². The summed E-state index contributed by atoms with van der Waals surface area (Å²) < 4.78 is 11.6. The maximum Gasteiger partial charge on any atom is 0.333 e. The number of carbonyl (C=O) groups excluding carboxylic acids is 1. The van der Waals surface area contributed by atoms with E-state index in [4.69, 9.17) is 9.47 Å². The molecule has 0 N–H and O–H groups in total. The van der Waals surface area contributed by atoms with Crippen LogP contribution in [0.3, 0.4) is 0 Å². The minimum atomic E-state index is -0.578. The number of carbonyl (C=O) groups is 1. The molecule has 3 aromatic rings. The van der Waals surface area contributed by atoms with Crippen LogP contribution in [0.1, 0.15) is 0 Å². The third-order valence-electron chi connectivity index (χ3n) is 3.37. The lowest BCUT2D eigenvalue weighted by Gasteiger charge is -2.07. The van der Waals surface area contributed by atoms with E-state index in [0.29, 0.717) is 11.5 Å². The number of ether oxygens (including phenoxy) is 2. The normalized spacial score (nSPS) is 10.5. The number of nitro groups is 1. The first kappa shape index (κ1) is 15.5. The maximum atomic E-state index is 11.9. The molecule has 1 heterocycles. The third kappa shape index (κ3) is 3.32. The van der Waals surface area contributed by atoms with E-state index in [0.717, 1.165) is 21.7 Å². The Balaban J connectivity index is 1.73. The number of hydrogen-bond acceptors (Lipinski definition) is 6. The molecule has 0 aliphatic carbocycles. The smallest absolute Gasteiger partial charge is 0.333 e. The van der Waals surface area contributed by atoms with Gasteiger partial charge >= 0.3 is 11.7 Å². The highest BCUT2D eigenvalue weighted by atomic mass is 16.6. The van der Waals surface area contributed by atoms with Gasteiger partial charge in [0.05, 0.1) is 12.0 Å². The maximum absolute atomic E-state index is 11.9.